The zero-order valence-corrected chi connectivity index (χ0v) is 15.4. The Bertz CT molecular complexity index is 712. The third-order valence-corrected chi connectivity index (χ3v) is 4.12. The second-order valence-corrected chi connectivity index (χ2v) is 7.27. The molecule has 0 aliphatic carbocycles. The summed E-state index contributed by atoms with van der Waals surface area (Å²) < 4.78 is 5.02. The van der Waals surface area contributed by atoms with E-state index in [0.717, 1.165) is 5.56 Å². The van der Waals surface area contributed by atoms with Gasteiger partial charge in [0.2, 0.25) is 5.91 Å². The number of carbonyl (C=O) groups excluding carboxylic acids is 2. The summed E-state index contributed by atoms with van der Waals surface area (Å²) in [4.78, 5) is 24.2. The van der Waals surface area contributed by atoms with Crippen LogP contribution in [0, 0.1) is 0 Å². The van der Waals surface area contributed by atoms with Crippen LogP contribution in [0.15, 0.2) is 47.1 Å². The summed E-state index contributed by atoms with van der Waals surface area (Å²) in [6, 6.07) is 10.6. The van der Waals surface area contributed by atoms with Gasteiger partial charge in [-0.05, 0) is 42.5 Å². The highest BCUT2D eigenvalue weighted by molar-refractivity contribution is 5.95. The third kappa shape index (κ3) is 4.95. The van der Waals surface area contributed by atoms with E-state index < -0.39 is 11.9 Å². The molecule has 0 aliphatic heterocycles. The molecule has 2 rings (SSSR count). The molecule has 0 spiro atoms. The normalized spacial score (nSPS) is 13.8. The lowest BCUT2D eigenvalue weighted by molar-refractivity contribution is -0.123. The lowest BCUT2D eigenvalue weighted by Gasteiger charge is -2.21. The fourth-order valence-corrected chi connectivity index (χ4v) is 2.43. The molecular weight excluding hydrogens is 316 g/mol. The van der Waals surface area contributed by atoms with E-state index in [-0.39, 0.29) is 23.1 Å². The van der Waals surface area contributed by atoms with Gasteiger partial charge in [0.05, 0.1) is 12.3 Å². The summed E-state index contributed by atoms with van der Waals surface area (Å²) in [6.45, 7) is 10.1. The van der Waals surface area contributed by atoms with Gasteiger partial charge in [-0.3, -0.25) is 9.59 Å². The maximum Gasteiger partial charge on any atom is 0.287 e. The first kappa shape index (κ1) is 18.8. The predicted molar refractivity (Wildman–Crippen MR) is 97.3 cm³/mol. The highest BCUT2D eigenvalue weighted by atomic mass is 16.3. The van der Waals surface area contributed by atoms with E-state index in [0.29, 0.717) is 0 Å². The Morgan fingerprint density at radius 3 is 2.16 bits per heavy atom. The van der Waals surface area contributed by atoms with Crippen molar-refractivity contribution in [2.24, 2.45) is 0 Å². The molecule has 2 unspecified atom stereocenters. The number of furan rings is 1. The van der Waals surface area contributed by atoms with Crippen LogP contribution >= 0.6 is 0 Å². The quantitative estimate of drug-likeness (QED) is 0.872. The molecule has 1 heterocycles. The van der Waals surface area contributed by atoms with Crippen molar-refractivity contribution in [3.63, 3.8) is 0 Å². The van der Waals surface area contributed by atoms with Crippen LogP contribution in [0.1, 0.15) is 62.3 Å². The van der Waals surface area contributed by atoms with Gasteiger partial charge in [0.15, 0.2) is 5.76 Å². The molecule has 1 aromatic carbocycles. The maximum atomic E-state index is 12.3. The first-order valence-corrected chi connectivity index (χ1v) is 8.43. The number of hydrogen-bond acceptors (Lipinski definition) is 3. The van der Waals surface area contributed by atoms with E-state index in [1.54, 1.807) is 19.1 Å². The SMILES string of the molecule is CC(NC(=O)c1ccco1)C(=O)NC(C)c1ccc(C(C)(C)C)cc1. The monoisotopic (exact) mass is 342 g/mol. The molecule has 0 radical (unpaired) electrons. The molecule has 2 atom stereocenters. The van der Waals surface area contributed by atoms with Crippen LogP contribution in [0.25, 0.3) is 0 Å². The van der Waals surface area contributed by atoms with Gasteiger partial charge < -0.3 is 15.1 Å². The van der Waals surface area contributed by atoms with Crippen molar-refractivity contribution in [2.75, 3.05) is 0 Å². The smallest absolute Gasteiger partial charge is 0.287 e. The first-order chi connectivity index (χ1) is 11.7. The van der Waals surface area contributed by atoms with E-state index in [4.69, 9.17) is 4.42 Å². The summed E-state index contributed by atoms with van der Waals surface area (Å²) in [7, 11) is 0. The minimum Gasteiger partial charge on any atom is -0.459 e. The van der Waals surface area contributed by atoms with E-state index >= 15 is 0 Å². The average Bonchev–Trinajstić information content (AvgIpc) is 3.08. The molecule has 0 aliphatic rings. The Morgan fingerprint density at radius 2 is 1.64 bits per heavy atom. The van der Waals surface area contributed by atoms with Gasteiger partial charge in [0, 0.05) is 0 Å². The van der Waals surface area contributed by atoms with Crippen LogP contribution in [0.2, 0.25) is 0 Å². The highest BCUT2D eigenvalue weighted by Crippen LogP contribution is 2.23. The van der Waals surface area contributed by atoms with Crippen LogP contribution in [0.3, 0.4) is 0 Å². The fourth-order valence-electron chi connectivity index (χ4n) is 2.43. The van der Waals surface area contributed by atoms with Gasteiger partial charge in [0.1, 0.15) is 6.04 Å². The lowest BCUT2D eigenvalue weighted by atomic mass is 9.86. The van der Waals surface area contributed by atoms with E-state index in [1.165, 1.54) is 11.8 Å². The highest BCUT2D eigenvalue weighted by Gasteiger charge is 2.20. The van der Waals surface area contributed by atoms with Crippen LogP contribution in [-0.2, 0) is 10.2 Å². The fraction of sp³-hybridized carbons (Fsp3) is 0.400. The second kappa shape index (κ2) is 7.55. The summed E-state index contributed by atoms with van der Waals surface area (Å²) in [5.41, 5.74) is 2.36. The molecule has 2 aromatic rings. The van der Waals surface area contributed by atoms with Gasteiger partial charge in [-0.25, -0.2) is 0 Å². The summed E-state index contributed by atoms with van der Waals surface area (Å²) in [5.74, 6) is -0.465. The summed E-state index contributed by atoms with van der Waals surface area (Å²) in [6.07, 6.45) is 1.42. The standard InChI is InChI=1S/C20H26N2O3/c1-13(15-8-10-16(11-9-15)20(3,4)5)21-18(23)14(2)22-19(24)17-7-6-12-25-17/h6-14H,1-5H3,(H,21,23)(H,22,24). The number of carbonyl (C=O) groups is 2. The molecular formula is C20H26N2O3. The zero-order valence-electron chi connectivity index (χ0n) is 15.4. The summed E-state index contributed by atoms with van der Waals surface area (Å²) >= 11 is 0. The van der Waals surface area contributed by atoms with Crippen LogP contribution < -0.4 is 10.6 Å². The van der Waals surface area contributed by atoms with Crippen LogP contribution in [0.4, 0.5) is 0 Å². The van der Waals surface area contributed by atoms with E-state index in [9.17, 15) is 9.59 Å². The van der Waals surface area contributed by atoms with Crippen LogP contribution in [0.5, 0.6) is 0 Å². The topological polar surface area (TPSA) is 71.3 Å². The Kier molecular flexibility index (Phi) is 5.67. The Morgan fingerprint density at radius 1 is 1.00 bits per heavy atom. The zero-order chi connectivity index (χ0) is 18.6. The molecule has 134 valence electrons. The molecule has 5 nitrogen and oxygen atoms in total. The molecule has 0 saturated heterocycles. The van der Waals surface area contributed by atoms with Gasteiger partial charge in [0.25, 0.3) is 5.91 Å². The molecule has 2 amide bonds. The molecule has 0 bridgehead atoms. The van der Waals surface area contributed by atoms with Crippen molar-refractivity contribution in [3.05, 3.63) is 59.5 Å². The van der Waals surface area contributed by atoms with Crippen LogP contribution in [-0.4, -0.2) is 17.9 Å². The Hall–Kier alpha value is -2.56. The van der Waals surface area contributed by atoms with E-state index in [1.807, 2.05) is 19.1 Å². The number of nitrogens with one attached hydrogen (secondary N) is 2. The second-order valence-electron chi connectivity index (χ2n) is 7.27. The van der Waals surface area contributed by atoms with Crippen molar-refractivity contribution >= 4 is 11.8 Å². The average molecular weight is 342 g/mol. The number of amides is 2. The third-order valence-electron chi connectivity index (χ3n) is 4.12. The number of hydrogen-bond donors (Lipinski definition) is 2. The maximum absolute atomic E-state index is 12.3. The lowest BCUT2D eigenvalue weighted by Crippen LogP contribution is -2.45. The Balaban J connectivity index is 1.93. The van der Waals surface area contributed by atoms with Crippen molar-refractivity contribution < 1.29 is 14.0 Å². The Labute approximate surface area is 148 Å². The van der Waals surface area contributed by atoms with E-state index in [2.05, 4.69) is 43.5 Å². The molecule has 0 saturated carbocycles. The van der Waals surface area contributed by atoms with Gasteiger partial charge in [-0.1, -0.05) is 45.0 Å². The number of rotatable bonds is 5. The van der Waals surface area contributed by atoms with Gasteiger partial charge >= 0.3 is 0 Å². The molecule has 0 fully saturated rings. The van der Waals surface area contributed by atoms with Crippen molar-refractivity contribution in [2.45, 2.75) is 52.1 Å². The molecule has 1 aromatic heterocycles. The minimum absolute atomic E-state index is 0.0929. The molecule has 25 heavy (non-hydrogen) atoms. The number of benzene rings is 1. The van der Waals surface area contributed by atoms with Crippen molar-refractivity contribution in [3.8, 4) is 0 Å². The molecule has 5 heteroatoms. The predicted octanol–water partition coefficient (Wildman–Crippen LogP) is 3.57. The van der Waals surface area contributed by atoms with Crippen molar-refractivity contribution in [1.29, 1.82) is 0 Å². The summed E-state index contributed by atoms with van der Waals surface area (Å²) in [5, 5.41) is 5.54. The molecule has 2 N–H and O–H groups in total. The van der Waals surface area contributed by atoms with Gasteiger partial charge in [-0.15, -0.1) is 0 Å². The van der Waals surface area contributed by atoms with Crippen molar-refractivity contribution in [1.82, 2.24) is 10.6 Å². The largest absolute Gasteiger partial charge is 0.459 e. The van der Waals surface area contributed by atoms with Gasteiger partial charge in [-0.2, -0.15) is 0 Å². The first-order valence-electron chi connectivity index (χ1n) is 8.43. The minimum atomic E-state index is -0.658.